The van der Waals surface area contributed by atoms with Crippen LogP contribution in [0.1, 0.15) is 0 Å². The van der Waals surface area contributed by atoms with Crippen molar-refractivity contribution in [1.29, 1.82) is 0 Å². The first-order valence-corrected chi connectivity index (χ1v) is 9.54. The van der Waals surface area contributed by atoms with Crippen molar-refractivity contribution in [3.8, 4) is 5.69 Å². The molecule has 0 atom stereocenters. The predicted octanol–water partition coefficient (Wildman–Crippen LogP) is 3.45. The van der Waals surface area contributed by atoms with Crippen LogP contribution >= 0.6 is 11.8 Å². The van der Waals surface area contributed by atoms with Gasteiger partial charge in [-0.05, 0) is 34.0 Å². The Bertz CT molecular complexity index is 1190. The van der Waals surface area contributed by atoms with Gasteiger partial charge in [-0.3, -0.25) is 14.9 Å². The van der Waals surface area contributed by atoms with E-state index >= 15 is 0 Å². The standard InChI is InChI=1S/C19H14N6O3S/c26-18(20-14-8-10-15(11-9-14)25(27)28)12-29-19-21-22-23-24(19)17-7-3-5-13-4-1-2-6-16(13)17/h1-11H,12H2,(H,20,26). The van der Waals surface area contributed by atoms with Crippen LogP contribution in [0.3, 0.4) is 0 Å². The highest BCUT2D eigenvalue weighted by Crippen LogP contribution is 2.25. The maximum atomic E-state index is 12.2. The summed E-state index contributed by atoms with van der Waals surface area (Å²) in [5.74, 6) is -0.182. The zero-order chi connectivity index (χ0) is 20.2. The Morgan fingerprint density at radius 1 is 1.07 bits per heavy atom. The van der Waals surface area contributed by atoms with Gasteiger partial charge >= 0.3 is 0 Å². The number of hydrogen-bond donors (Lipinski definition) is 1. The van der Waals surface area contributed by atoms with Gasteiger partial charge < -0.3 is 5.32 Å². The van der Waals surface area contributed by atoms with Gasteiger partial charge in [0.25, 0.3) is 5.69 Å². The molecule has 0 aliphatic carbocycles. The number of aromatic nitrogens is 4. The van der Waals surface area contributed by atoms with Crippen LogP contribution in [0.2, 0.25) is 0 Å². The molecule has 4 rings (SSSR count). The monoisotopic (exact) mass is 406 g/mol. The van der Waals surface area contributed by atoms with E-state index in [2.05, 4.69) is 20.8 Å². The van der Waals surface area contributed by atoms with Crippen molar-refractivity contribution in [3.63, 3.8) is 0 Å². The Kier molecular flexibility index (Phi) is 5.16. The molecule has 0 fully saturated rings. The summed E-state index contributed by atoms with van der Waals surface area (Å²) in [7, 11) is 0. The van der Waals surface area contributed by atoms with Crippen molar-refractivity contribution < 1.29 is 9.72 Å². The lowest BCUT2D eigenvalue weighted by Gasteiger charge is -2.08. The van der Waals surface area contributed by atoms with Crippen molar-refractivity contribution in [1.82, 2.24) is 20.2 Å². The number of rotatable bonds is 6. The minimum atomic E-state index is -0.492. The molecule has 0 radical (unpaired) electrons. The third-order valence-corrected chi connectivity index (χ3v) is 5.05. The van der Waals surface area contributed by atoms with Gasteiger partial charge in [0.15, 0.2) is 0 Å². The third-order valence-electron chi connectivity index (χ3n) is 4.13. The quantitative estimate of drug-likeness (QED) is 0.296. The molecule has 0 saturated heterocycles. The van der Waals surface area contributed by atoms with Crippen LogP contribution in [0, 0.1) is 10.1 Å². The van der Waals surface area contributed by atoms with Crippen molar-refractivity contribution in [3.05, 3.63) is 76.8 Å². The van der Waals surface area contributed by atoms with Crippen LogP contribution < -0.4 is 5.32 Å². The summed E-state index contributed by atoms with van der Waals surface area (Å²) in [6, 6.07) is 19.4. The number of non-ortho nitro benzene ring substituents is 1. The van der Waals surface area contributed by atoms with Crippen LogP contribution in [-0.2, 0) is 4.79 Å². The predicted molar refractivity (Wildman–Crippen MR) is 109 cm³/mol. The largest absolute Gasteiger partial charge is 0.325 e. The second kappa shape index (κ2) is 8.07. The molecule has 0 aliphatic heterocycles. The minimum absolute atomic E-state index is 0.0355. The second-order valence-electron chi connectivity index (χ2n) is 6.01. The molecule has 1 heterocycles. The van der Waals surface area contributed by atoms with E-state index in [0.717, 1.165) is 16.5 Å². The molecule has 144 valence electrons. The molecular weight excluding hydrogens is 392 g/mol. The number of thioether (sulfide) groups is 1. The number of benzene rings is 3. The van der Waals surface area contributed by atoms with E-state index in [9.17, 15) is 14.9 Å². The van der Waals surface area contributed by atoms with Crippen LogP contribution in [0.25, 0.3) is 16.5 Å². The lowest BCUT2D eigenvalue weighted by molar-refractivity contribution is -0.384. The van der Waals surface area contributed by atoms with E-state index in [1.807, 2.05) is 42.5 Å². The molecule has 4 aromatic rings. The second-order valence-corrected chi connectivity index (χ2v) is 6.95. The molecule has 0 bridgehead atoms. The summed E-state index contributed by atoms with van der Waals surface area (Å²) in [6.45, 7) is 0. The number of nitro groups is 1. The molecule has 1 N–H and O–H groups in total. The number of nitro benzene ring substituents is 1. The molecule has 3 aromatic carbocycles. The summed E-state index contributed by atoms with van der Waals surface area (Å²) >= 11 is 1.20. The molecule has 0 spiro atoms. The first-order valence-electron chi connectivity index (χ1n) is 8.55. The SMILES string of the molecule is O=C(CSc1nnnn1-c1cccc2ccccc12)Nc1ccc([N+](=O)[O-])cc1. The van der Waals surface area contributed by atoms with Crippen molar-refractivity contribution in [2.45, 2.75) is 5.16 Å². The number of hydrogen-bond acceptors (Lipinski definition) is 7. The van der Waals surface area contributed by atoms with E-state index in [0.29, 0.717) is 10.8 Å². The van der Waals surface area contributed by atoms with Crippen LogP contribution in [0.15, 0.2) is 71.9 Å². The van der Waals surface area contributed by atoms with Crippen LogP contribution in [-0.4, -0.2) is 36.8 Å². The molecule has 1 amide bonds. The number of nitrogens with one attached hydrogen (secondary N) is 1. The molecule has 29 heavy (non-hydrogen) atoms. The van der Waals surface area contributed by atoms with E-state index in [4.69, 9.17) is 0 Å². The fourth-order valence-electron chi connectivity index (χ4n) is 2.81. The van der Waals surface area contributed by atoms with E-state index in [1.54, 1.807) is 4.68 Å². The van der Waals surface area contributed by atoms with Crippen molar-refractivity contribution in [2.24, 2.45) is 0 Å². The average Bonchev–Trinajstić information content (AvgIpc) is 3.20. The zero-order valence-corrected chi connectivity index (χ0v) is 15.7. The fraction of sp³-hybridized carbons (Fsp3) is 0.0526. The van der Waals surface area contributed by atoms with Gasteiger partial charge in [-0.25, -0.2) is 0 Å². The van der Waals surface area contributed by atoms with Gasteiger partial charge in [0.1, 0.15) is 0 Å². The zero-order valence-electron chi connectivity index (χ0n) is 14.9. The molecule has 0 aliphatic rings. The highest BCUT2D eigenvalue weighted by Gasteiger charge is 2.14. The van der Waals surface area contributed by atoms with E-state index in [1.165, 1.54) is 36.0 Å². The number of fused-ring (bicyclic) bond motifs is 1. The molecule has 0 unspecified atom stereocenters. The highest BCUT2D eigenvalue weighted by molar-refractivity contribution is 7.99. The molecule has 10 heteroatoms. The summed E-state index contributed by atoms with van der Waals surface area (Å²) in [6.07, 6.45) is 0. The number of nitrogens with zero attached hydrogens (tertiary/aromatic N) is 5. The Hall–Kier alpha value is -3.79. The van der Waals surface area contributed by atoms with Gasteiger partial charge in [0, 0.05) is 23.2 Å². The van der Waals surface area contributed by atoms with Gasteiger partial charge in [0.2, 0.25) is 11.1 Å². The summed E-state index contributed by atoms with van der Waals surface area (Å²) in [5.41, 5.74) is 1.27. The average molecular weight is 406 g/mol. The normalized spacial score (nSPS) is 10.8. The number of amides is 1. The number of carbonyl (C=O) groups excluding carboxylic acids is 1. The molecule has 9 nitrogen and oxygen atoms in total. The summed E-state index contributed by atoms with van der Waals surface area (Å²) in [4.78, 5) is 22.4. The van der Waals surface area contributed by atoms with Crippen molar-refractivity contribution >= 4 is 39.8 Å². The number of tetrazole rings is 1. The van der Waals surface area contributed by atoms with Crippen LogP contribution in [0.4, 0.5) is 11.4 Å². The Morgan fingerprint density at radius 2 is 1.83 bits per heavy atom. The Labute approximate surface area is 168 Å². The minimum Gasteiger partial charge on any atom is -0.325 e. The topological polar surface area (TPSA) is 116 Å². The summed E-state index contributed by atoms with van der Waals surface area (Å²) in [5, 5.41) is 27.8. The maximum Gasteiger partial charge on any atom is 0.269 e. The lowest BCUT2D eigenvalue weighted by atomic mass is 10.1. The van der Waals surface area contributed by atoms with Gasteiger partial charge in [-0.2, -0.15) is 4.68 Å². The summed E-state index contributed by atoms with van der Waals surface area (Å²) < 4.78 is 1.60. The molecular formula is C19H14N6O3S. The van der Waals surface area contributed by atoms with Gasteiger partial charge in [0.05, 0.1) is 16.4 Å². The first kappa shape index (κ1) is 18.6. The Balaban J connectivity index is 1.47. The lowest BCUT2D eigenvalue weighted by Crippen LogP contribution is -2.14. The third kappa shape index (κ3) is 4.06. The maximum absolute atomic E-state index is 12.2. The van der Waals surface area contributed by atoms with Gasteiger partial charge in [-0.15, -0.1) is 5.10 Å². The van der Waals surface area contributed by atoms with Crippen LogP contribution in [0.5, 0.6) is 0 Å². The Morgan fingerprint density at radius 3 is 2.62 bits per heavy atom. The van der Waals surface area contributed by atoms with E-state index < -0.39 is 4.92 Å². The van der Waals surface area contributed by atoms with Crippen molar-refractivity contribution in [2.75, 3.05) is 11.1 Å². The van der Waals surface area contributed by atoms with E-state index in [-0.39, 0.29) is 17.3 Å². The first-order chi connectivity index (χ1) is 14.1. The van der Waals surface area contributed by atoms with Gasteiger partial charge in [-0.1, -0.05) is 48.2 Å². The smallest absolute Gasteiger partial charge is 0.269 e. The molecule has 1 aromatic heterocycles. The highest BCUT2D eigenvalue weighted by atomic mass is 32.2. The fourth-order valence-corrected chi connectivity index (χ4v) is 3.49. The number of anilines is 1. The number of carbonyl (C=O) groups is 1. The molecule has 0 saturated carbocycles.